The van der Waals surface area contributed by atoms with Crippen LogP contribution in [-0.4, -0.2) is 6.04 Å². The minimum Gasteiger partial charge on any atom is -0.328 e. The Bertz CT molecular complexity index is 370. The summed E-state index contributed by atoms with van der Waals surface area (Å²) in [4.78, 5) is 0. The smallest absolute Gasteiger partial charge is 0.00446 e. The highest BCUT2D eigenvalue weighted by molar-refractivity contribution is 5.27. The Hall–Kier alpha value is -0.820. The topological polar surface area (TPSA) is 26.0 Å². The van der Waals surface area contributed by atoms with Crippen molar-refractivity contribution in [1.82, 2.24) is 0 Å². The van der Waals surface area contributed by atoms with Crippen LogP contribution in [0.15, 0.2) is 24.3 Å². The quantitative estimate of drug-likeness (QED) is 0.791. The van der Waals surface area contributed by atoms with Crippen molar-refractivity contribution in [2.45, 2.75) is 64.3 Å². The normalized spacial score (nSPS) is 25.1. The Labute approximate surface area is 112 Å². The number of hydrogen-bond acceptors (Lipinski definition) is 1. The molecule has 0 heterocycles. The average Bonchev–Trinajstić information content (AvgIpc) is 2.53. The molecule has 0 spiro atoms. The zero-order valence-electron chi connectivity index (χ0n) is 11.9. The van der Waals surface area contributed by atoms with Crippen molar-refractivity contribution >= 4 is 0 Å². The maximum atomic E-state index is 6.18. The molecule has 1 heteroatoms. The van der Waals surface area contributed by atoms with Gasteiger partial charge in [0.05, 0.1) is 0 Å². The number of benzene rings is 1. The van der Waals surface area contributed by atoms with Crippen molar-refractivity contribution in [2.24, 2.45) is 11.7 Å². The molecule has 1 aliphatic carbocycles. The van der Waals surface area contributed by atoms with Crippen LogP contribution in [0.2, 0.25) is 0 Å². The standard InChI is InChI=1S/C17H27N/c1-13(2)10-14-6-5-8-15(11-14)16-7-3-4-9-17(18)12-16/h5-6,8,11,13,16-17H,3-4,7,9-10,12,18H2,1-2H3. The minimum atomic E-state index is 0.409. The zero-order chi connectivity index (χ0) is 13.0. The molecule has 1 nitrogen and oxygen atoms in total. The van der Waals surface area contributed by atoms with Crippen molar-refractivity contribution in [3.05, 3.63) is 35.4 Å². The molecule has 0 radical (unpaired) electrons. The highest BCUT2D eigenvalue weighted by atomic mass is 14.6. The van der Waals surface area contributed by atoms with Gasteiger partial charge in [0.2, 0.25) is 0 Å². The van der Waals surface area contributed by atoms with E-state index in [2.05, 4.69) is 38.1 Å². The van der Waals surface area contributed by atoms with E-state index in [1.54, 1.807) is 0 Å². The second-order valence-electron chi connectivity index (χ2n) is 6.32. The van der Waals surface area contributed by atoms with E-state index in [9.17, 15) is 0 Å². The highest BCUT2D eigenvalue weighted by Gasteiger charge is 2.19. The first-order valence-electron chi connectivity index (χ1n) is 7.49. The van der Waals surface area contributed by atoms with E-state index in [-0.39, 0.29) is 0 Å². The van der Waals surface area contributed by atoms with Gasteiger partial charge in [-0.25, -0.2) is 0 Å². The second-order valence-corrected chi connectivity index (χ2v) is 6.32. The molecular formula is C17H27N. The Morgan fingerprint density at radius 1 is 1.22 bits per heavy atom. The van der Waals surface area contributed by atoms with E-state index >= 15 is 0 Å². The SMILES string of the molecule is CC(C)Cc1cccc(C2CCCCC(N)C2)c1. The van der Waals surface area contributed by atoms with E-state index < -0.39 is 0 Å². The van der Waals surface area contributed by atoms with Gasteiger partial charge in [-0.2, -0.15) is 0 Å². The molecule has 1 aromatic rings. The Balaban J connectivity index is 2.11. The number of nitrogens with two attached hydrogens (primary N) is 1. The second kappa shape index (κ2) is 6.38. The van der Waals surface area contributed by atoms with Crippen LogP contribution in [0, 0.1) is 5.92 Å². The summed E-state index contributed by atoms with van der Waals surface area (Å²) in [6, 6.07) is 9.62. The van der Waals surface area contributed by atoms with Crippen molar-refractivity contribution in [3.63, 3.8) is 0 Å². The van der Waals surface area contributed by atoms with Crippen LogP contribution in [0.5, 0.6) is 0 Å². The molecule has 1 fully saturated rings. The number of hydrogen-bond donors (Lipinski definition) is 1. The summed E-state index contributed by atoms with van der Waals surface area (Å²) in [5.74, 6) is 1.42. The third-order valence-corrected chi connectivity index (χ3v) is 4.03. The van der Waals surface area contributed by atoms with Gasteiger partial charge in [0.15, 0.2) is 0 Å². The Kier molecular flexibility index (Phi) is 4.82. The van der Waals surface area contributed by atoms with Gasteiger partial charge < -0.3 is 5.73 Å². The van der Waals surface area contributed by atoms with Crippen molar-refractivity contribution in [2.75, 3.05) is 0 Å². The first-order valence-corrected chi connectivity index (χ1v) is 7.49. The molecule has 0 aromatic heterocycles. The Morgan fingerprint density at radius 2 is 2.00 bits per heavy atom. The number of rotatable bonds is 3. The summed E-state index contributed by atoms with van der Waals surface area (Å²) < 4.78 is 0. The van der Waals surface area contributed by atoms with Gasteiger partial charge in [-0.3, -0.25) is 0 Å². The van der Waals surface area contributed by atoms with Crippen LogP contribution in [-0.2, 0) is 6.42 Å². The van der Waals surface area contributed by atoms with Crippen molar-refractivity contribution in [1.29, 1.82) is 0 Å². The lowest BCUT2D eigenvalue weighted by Gasteiger charge is -2.18. The summed E-state index contributed by atoms with van der Waals surface area (Å²) in [5.41, 5.74) is 9.19. The molecule has 100 valence electrons. The maximum Gasteiger partial charge on any atom is 0.00446 e. The van der Waals surface area contributed by atoms with Crippen LogP contribution < -0.4 is 5.73 Å². The molecular weight excluding hydrogens is 218 g/mol. The average molecular weight is 245 g/mol. The lowest BCUT2D eigenvalue weighted by molar-refractivity contribution is 0.534. The highest BCUT2D eigenvalue weighted by Crippen LogP contribution is 2.31. The third kappa shape index (κ3) is 3.84. The van der Waals surface area contributed by atoms with Crippen LogP contribution in [0.3, 0.4) is 0 Å². The molecule has 2 atom stereocenters. The monoisotopic (exact) mass is 245 g/mol. The largest absolute Gasteiger partial charge is 0.328 e. The van der Waals surface area contributed by atoms with Gasteiger partial charge >= 0.3 is 0 Å². The van der Waals surface area contributed by atoms with Gasteiger partial charge in [0.1, 0.15) is 0 Å². The molecule has 2 N–H and O–H groups in total. The van der Waals surface area contributed by atoms with E-state index in [0.717, 1.165) is 5.92 Å². The van der Waals surface area contributed by atoms with Gasteiger partial charge in [0, 0.05) is 6.04 Å². The molecule has 2 rings (SSSR count). The van der Waals surface area contributed by atoms with Crippen molar-refractivity contribution in [3.8, 4) is 0 Å². The maximum absolute atomic E-state index is 6.18. The van der Waals surface area contributed by atoms with Crippen LogP contribution in [0.1, 0.15) is 63.0 Å². The fourth-order valence-electron chi connectivity index (χ4n) is 3.15. The molecule has 2 unspecified atom stereocenters. The fourth-order valence-corrected chi connectivity index (χ4v) is 3.15. The molecule has 0 bridgehead atoms. The molecule has 0 amide bonds. The van der Waals surface area contributed by atoms with Gasteiger partial charge in [0.25, 0.3) is 0 Å². The molecule has 18 heavy (non-hydrogen) atoms. The summed E-state index contributed by atoms with van der Waals surface area (Å²) in [7, 11) is 0. The van der Waals surface area contributed by atoms with Crippen LogP contribution in [0.25, 0.3) is 0 Å². The molecule has 0 saturated heterocycles. The molecule has 1 saturated carbocycles. The predicted molar refractivity (Wildman–Crippen MR) is 78.8 cm³/mol. The molecule has 0 aliphatic heterocycles. The molecule has 1 aromatic carbocycles. The Morgan fingerprint density at radius 3 is 2.78 bits per heavy atom. The molecule has 1 aliphatic rings. The minimum absolute atomic E-state index is 0.409. The first kappa shape index (κ1) is 13.6. The predicted octanol–water partition coefficient (Wildman–Crippen LogP) is 4.26. The van der Waals surface area contributed by atoms with Gasteiger partial charge in [-0.15, -0.1) is 0 Å². The zero-order valence-corrected chi connectivity index (χ0v) is 11.9. The lowest BCUT2D eigenvalue weighted by atomic mass is 9.88. The van der Waals surface area contributed by atoms with Crippen LogP contribution >= 0.6 is 0 Å². The summed E-state index contributed by atoms with van der Waals surface area (Å²) in [6.07, 6.45) is 7.54. The first-order chi connectivity index (χ1) is 8.65. The summed E-state index contributed by atoms with van der Waals surface area (Å²) in [5, 5.41) is 0. The third-order valence-electron chi connectivity index (χ3n) is 4.03. The lowest BCUT2D eigenvalue weighted by Crippen LogP contribution is -2.20. The summed E-state index contributed by atoms with van der Waals surface area (Å²) in [6.45, 7) is 4.57. The van der Waals surface area contributed by atoms with E-state index in [1.165, 1.54) is 49.7 Å². The van der Waals surface area contributed by atoms with Gasteiger partial charge in [-0.1, -0.05) is 51.0 Å². The van der Waals surface area contributed by atoms with Crippen LogP contribution in [0.4, 0.5) is 0 Å². The summed E-state index contributed by atoms with van der Waals surface area (Å²) >= 11 is 0. The fraction of sp³-hybridized carbons (Fsp3) is 0.647. The van der Waals surface area contributed by atoms with Crippen molar-refractivity contribution < 1.29 is 0 Å². The van der Waals surface area contributed by atoms with Gasteiger partial charge in [-0.05, 0) is 48.6 Å². The van der Waals surface area contributed by atoms with E-state index in [4.69, 9.17) is 5.73 Å². The van der Waals surface area contributed by atoms with E-state index in [0.29, 0.717) is 12.0 Å². The van der Waals surface area contributed by atoms with E-state index in [1.807, 2.05) is 0 Å².